The lowest BCUT2D eigenvalue weighted by atomic mass is 10.0. The van der Waals surface area contributed by atoms with Gasteiger partial charge in [0.1, 0.15) is 0 Å². The maximum absolute atomic E-state index is 13.7. The van der Waals surface area contributed by atoms with E-state index in [9.17, 15) is 4.39 Å². The van der Waals surface area contributed by atoms with Crippen LogP contribution in [-0.4, -0.2) is 7.11 Å². The van der Waals surface area contributed by atoms with Crippen molar-refractivity contribution in [3.8, 4) is 5.75 Å². The van der Waals surface area contributed by atoms with Crippen LogP contribution < -0.4 is 16.0 Å². The zero-order chi connectivity index (χ0) is 14.7. The van der Waals surface area contributed by atoms with Crippen molar-refractivity contribution >= 4 is 43.2 Å². The Kier molecular flexibility index (Phi) is 5.57. The lowest BCUT2D eigenvalue weighted by Crippen LogP contribution is -2.29. The second-order valence-electron chi connectivity index (χ2n) is 4.17. The minimum Gasteiger partial charge on any atom is -0.494 e. The molecule has 0 fully saturated rings. The number of nitrogens with two attached hydrogens (primary N) is 1. The molecule has 1 atom stereocenters. The van der Waals surface area contributed by atoms with Gasteiger partial charge in [0.25, 0.3) is 0 Å². The first kappa shape index (κ1) is 15.9. The number of ether oxygens (including phenoxy) is 1. The van der Waals surface area contributed by atoms with Crippen LogP contribution in [0.4, 0.5) is 4.39 Å². The Morgan fingerprint density at radius 2 is 2.15 bits per heavy atom. The van der Waals surface area contributed by atoms with E-state index in [1.165, 1.54) is 13.2 Å². The van der Waals surface area contributed by atoms with Crippen molar-refractivity contribution in [2.24, 2.45) is 5.84 Å². The largest absolute Gasteiger partial charge is 0.494 e. The van der Waals surface area contributed by atoms with Crippen LogP contribution in [0.25, 0.3) is 0 Å². The highest BCUT2D eigenvalue weighted by Gasteiger charge is 2.17. The molecule has 1 aromatic heterocycles. The van der Waals surface area contributed by atoms with E-state index in [0.29, 0.717) is 6.42 Å². The molecule has 2 rings (SSSR count). The predicted octanol–water partition coefficient (Wildman–Crippen LogP) is 4.17. The molecule has 0 radical (unpaired) electrons. The van der Waals surface area contributed by atoms with Gasteiger partial charge in [-0.2, -0.15) is 0 Å². The van der Waals surface area contributed by atoms with E-state index >= 15 is 0 Å². The monoisotopic (exact) mass is 422 g/mol. The van der Waals surface area contributed by atoms with Gasteiger partial charge in [-0.05, 0) is 67.6 Å². The van der Waals surface area contributed by atoms with E-state index in [-0.39, 0.29) is 17.6 Å². The number of methoxy groups -OCH3 is 1. The Labute approximate surface area is 137 Å². The van der Waals surface area contributed by atoms with E-state index in [4.69, 9.17) is 10.6 Å². The van der Waals surface area contributed by atoms with Crippen LogP contribution in [0.5, 0.6) is 5.75 Å². The minimum atomic E-state index is -0.369. The van der Waals surface area contributed by atoms with Gasteiger partial charge in [0, 0.05) is 0 Å². The van der Waals surface area contributed by atoms with Crippen LogP contribution in [0.2, 0.25) is 0 Å². The summed E-state index contributed by atoms with van der Waals surface area (Å²) < 4.78 is 20.6. The molecule has 20 heavy (non-hydrogen) atoms. The van der Waals surface area contributed by atoms with Crippen molar-refractivity contribution < 1.29 is 9.13 Å². The second-order valence-corrected chi connectivity index (χ2v) is 7.92. The van der Waals surface area contributed by atoms with Crippen LogP contribution in [0.15, 0.2) is 31.8 Å². The molecule has 0 aliphatic carbocycles. The number of nitrogens with one attached hydrogen (secondary N) is 1. The molecule has 1 unspecified atom stereocenters. The van der Waals surface area contributed by atoms with Gasteiger partial charge < -0.3 is 4.74 Å². The maximum atomic E-state index is 13.7. The molecule has 0 saturated carbocycles. The third kappa shape index (κ3) is 3.59. The van der Waals surface area contributed by atoms with E-state index in [0.717, 1.165) is 18.7 Å². The number of hydrazine groups is 1. The minimum absolute atomic E-state index is 0.0975. The summed E-state index contributed by atoms with van der Waals surface area (Å²) in [5.41, 5.74) is 4.66. The van der Waals surface area contributed by atoms with Gasteiger partial charge in [-0.3, -0.25) is 11.3 Å². The Balaban J connectivity index is 2.22. The molecule has 3 nitrogen and oxygen atoms in total. The number of thiophene rings is 1. The molecular weight excluding hydrogens is 411 g/mol. The maximum Gasteiger partial charge on any atom is 0.165 e. The second kappa shape index (κ2) is 7.00. The molecule has 7 heteroatoms. The van der Waals surface area contributed by atoms with Crippen LogP contribution in [0, 0.1) is 5.82 Å². The summed E-state index contributed by atoms with van der Waals surface area (Å²) in [5, 5.41) is 0. The molecule has 0 aliphatic rings. The van der Waals surface area contributed by atoms with Crippen molar-refractivity contribution in [3.63, 3.8) is 0 Å². The fourth-order valence-electron chi connectivity index (χ4n) is 1.92. The zero-order valence-electron chi connectivity index (χ0n) is 10.6. The Bertz CT molecular complexity index is 606. The quantitative estimate of drug-likeness (QED) is 0.560. The van der Waals surface area contributed by atoms with Crippen molar-refractivity contribution in [1.29, 1.82) is 0 Å². The van der Waals surface area contributed by atoms with Crippen LogP contribution in [-0.2, 0) is 6.42 Å². The molecule has 1 aromatic carbocycles. The first-order valence-electron chi connectivity index (χ1n) is 5.78. The number of hydrogen-bond acceptors (Lipinski definition) is 4. The predicted molar refractivity (Wildman–Crippen MR) is 86.4 cm³/mol. The van der Waals surface area contributed by atoms with Crippen LogP contribution >= 0.6 is 43.2 Å². The average Bonchev–Trinajstić information content (AvgIpc) is 2.75. The van der Waals surface area contributed by atoms with Crippen molar-refractivity contribution in [3.05, 3.63) is 48.8 Å². The van der Waals surface area contributed by atoms with Gasteiger partial charge in [0.2, 0.25) is 0 Å². The van der Waals surface area contributed by atoms with E-state index < -0.39 is 0 Å². The van der Waals surface area contributed by atoms with Crippen molar-refractivity contribution in [2.75, 3.05) is 7.11 Å². The summed E-state index contributed by atoms with van der Waals surface area (Å²) in [6, 6.07) is 6.83. The molecular formula is C13H13Br2FN2OS. The number of hydrogen-bond donors (Lipinski definition) is 2. The van der Waals surface area contributed by atoms with Crippen LogP contribution in [0.1, 0.15) is 17.2 Å². The fourth-order valence-corrected chi connectivity index (χ4v) is 4.90. The summed E-state index contributed by atoms with van der Waals surface area (Å²) in [7, 11) is 1.45. The van der Waals surface area contributed by atoms with Gasteiger partial charge in [-0.1, -0.05) is 6.07 Å². The summed E-state index contributed by atoms with van der Waals surface area (Å²) in [6.07, 6.45) is 0.583. The highest BCUT2D eigenvalue weighted by Crippen LogP contribution is 2.36. The average molecular weight is 424 g/mol. The molecule has 2 aromatic rings. The normalized spacial score (nSPS) is 12.4. The summed E-state index contributed by atoms with van der Waals surface area (Å²) in [5.74, 6) is 5.50. The standard InChI is InChI=1S/C13H13Br2FN2OS/c1-19-11-3-2-7(4-9(11)16)5-10(18-17)8-6-12(14)20-13(8)15/h2-4,6,10,18H,5,17H2,1H3. The number of halogens is 3. The van der Waals surface area contributed by atoms with Crippen molar-refractivity contribution in [1.82, 2.24) is 5.43 Å². The molecule has 0 spiro atoms. The van der Waals surface area contributed by atoms with E-state index in [1.807, 2.05) is 12.1 Å². The van der Waals surface area contributed by atoms with Gasteiger partial charge in [0.15, 0.2) is 11.6 Å². The van der Waals surface area contributed by atoms with Gasteiger partial charge in [-0.25, -0.2) is 4.39 Å². The summed E-state index contributed by atoms with van der Waals surface area (Å²) >= 11 is 8.52. The molecule has 0 amide bonds. The third-order valence-corrected chi connectivity index (χ3v) is 5.30. The molecule has 0 aliphatic heterocycles. The molecule has 3 N–H and O–H groups in total. The lowest BCUT2D eigenvalue weighted by Gasteiger charge is -2.16. The van der Waals surface area contributed by atoms with Gasteiger partial charge in [-0.15, -0.1) is 11.3 Å². The number of benzene rings is 1. The first-order valence-corrected chi connectivity index (χ1v) is 8.18. The Morgan fingerprint density at radius 1 is 1.40 bits per heavy atom. The molecule has 108 valence electrons. The topological polar surface area (TPSA) is 47.3 Å². The Morgan fingerprint density at radius 3 is 2.65 bits per heavy atom. The highest BCUT2D eigenvalue weighted by atomic mass is 79.9. The molecule has 1 heterocycles. The van der Waals surface area contributed by atoms with Gasteiger partial charge in [0.05, 0.1) is 20.7 Å². The van der Waals surface area contributed by atoms with Crippen molar-refractivity contribution in [2.45, 2.75) is 12.5 Å². The Hall–Kier alpha value is -0.470. The highest BCUT2D eigenvalue weighted by molar-refractivity contribution is 9.12. The fraction of sp³-hybridized carbons (Fsp3) is 0.231. The van der Waals surface area contributed by atoms with E-state index in [2.05, 4.69) is 37.3 Å². The molecule has 0 bridgehead atoms. The first-order chi connectivity index (χ1) is 9.55. The third-order valence-electron chi connectivity index (χ3n) is 2.92. The SMILES string of the molecule is COc1ccc(CC(NN)c2cc(Br)sc2Br)cc1F. The smallest absolute Gasteiger partial charge is 0.165 e. The number of rotatable bonds is 5. The van der Waals surface area contributed by atoms with Crippen LogP contribution in [0.3, 0.4) is 0 Å². The zero-order valence-corrected chi connectivity index (χ0v) is 14.6. The lowest BCUT2D eigenvalue weighted by molar-refractivity contribution is 0.386. The molecule has 0 saturated heterocycles. The summed E-state index contributed by atoms with van der Waals surface area (Å²) in [4.78, 5) is 0. The summed E-state index contributed by atoms with van der Waals surface area (Å²) in [6.45, 7) is 0. The van der Waals surface area contributed by atoms with Gasteiger partial charge >= 0.3 is 0 Å². The van der Waals surface area contributed by atoms with E-state index in [1.54, 1.807) is 17.4 Å².